The highest BCUT2D eigenvalue weighted by molar-refractivity contribution is 7.47. The van der Waals surface area contributed by atoms with Gasteiger partial charge >= 0.3 is 13.8 Å². The van der Waals surface area contributed by atoms with Gasteiger partial charge < -0.3 is 19.4 Å². The minimum atomic E-state index is -4.46. The van der Waals surface area contributed by atoms with E-state index >= 15 is 0 Å². The highest BCUT2D eigenvalue weighted by Gasteiger charge is 2.30. The lowest BCUT2D eigenvalue weighted by atomic mass is 10.0. The Hall–Kier alpha value is -3.07. The van der Waals surface area contributed by atoms with Crippen molar-refractivity contribution in [2.24, 2.45) is 0 Å². The fourth-order valence-electron chi connectivity index (χ4n) is 9.53. The van der Waals surface area contributed by atoms with Crippen molar-refractivity contribution in [3.8, 4) is 0 Å². The number of nitrogens with zero attached hydrogens (tertiary/aromatic N) is 1. The number of nitrogens with one attached hydrogen (secondary N) is 1. The summed E-state index contributed by atoms with van der Waals surface area (Å²) in [6, 6.07) is -0.863. The Labute approximate surface area is 507 Å². The standard InChI is InChI=1S/C72H129N2O7P/c1-7-10-13-16-19-22-25-28-30-32-34-36-37-39-40-42-44-46-49-52-55-58-61-64-71(75)73-69(68-80-82(77,78)79-67-66-74(4,5)6)70(63-60-57-54-51-48-27-24-21-18-15-12-9-3)81-72(76)65-62-59-56-53-50-47-45-43-41-38-35-33-31-29-26-23-20-17-14-11-8-2/h11,14,19-20,22-23,28-31,35,38,43,45,60,63,69-70H,7-10,12-13,15-18,21,24-27,32-34,36-37,39-42,44,46-59,61-62,64-68H2,1-6H3,(H-,73,75,77,78)/p+1/b14-11-,22-19-,23-20-,30-28-,31-29-,38-35-,45-43-,63-60+. The topological polar surface area (TPSA) is 111 Å². The van der Waals surface area contributed by atoms with Crippen LogP contribution in [0.1, 0.15) is 297 Å². The number of ether oxygens (including phenoxy) is 1. The van der Waals surface area contributed by atoms with Gasteiger partial charge in [0.1, 0.15) is 19.3 Å². The van der Waals surface area contributed by atoms with Crippen LogP contribution in [0, 0.1) is 0 Å². The number of phosphoric acid groups is 1. The number of rotatable bonds is 61. The number of carbonyl (C=O) groups excluding carboxylic acids is 2. The summed E-state index contributed by atoms with van der Waals surface area (Å²) in [5, 5.41) is 3.06. The van der Waals surface area contributed by atoms with Crippen molar-refractivity contribution in [2.45, 2.75) is 309 Å². The van der Waals surface area contributed by atoms with E-state index in [0.29, 0.717) is 23.9 Å². The third-order valence-corrected chi connectivity index (χ3v) is 15.7. The predicted molar refractivity (Wildman–Crippen MR) is 355 cm³/mol. The number of amides is 1. The van der Waals surface area contributed by atoms with E-state index in [0.717, 1.165) is 109 Å². The zero-order valence-electron chi connectivity index (χ0n) is 54.2. The van der Waals surface area contributed by atoms with Gasteiger partial charge in [0, 0.05) is 12.8 Å². The molecule has 0 aromatic carbocycles. The van der Waals surface area contributed by atoms with Crippen molar-refractivity contribution >= 4 is 19.7 Å². The number of hydrogen-bond donors (Lipinski definition) is 2. The van der Waals surface area contributed by atoms with E-state index in [9.17, 15) is 19.0 Å². The smallest absolute Gasteiger partial charge is 0.456 e. The lowest BCUT2D eigenvalue weighted by Crippen LogP contribution is -2.47. The number of esters is 1. The molecule has 0 aromatic heterocycles. The zero-order valence-corrected chi connectivity index (χ0v) is 55.1. The van der Waals surface area contributed by atoms with Crippen LogP contribution in [-0.2, 0) is 27.9 Å². The minimum Gasteiger partial charge on any atom is -0.456 e. The minimum absolute atomic E-state index is 0.0331. The van der Waals surface area contributed by atoms with E-state index < -0.39 is 20.0 Å². The van der Waals surface area contributed by atoms with Gasteiger partial charge in [-0.3, -0.25) is 18.6 Å². The summed E-state index contributed by atoms with van der Waals surface area (Å²) in [6.45, 7) is 6.88. The quantitative estimate of drug-likeness (QED) is 0.0205. The normalized spacial score (nSPS) is 14.2. The SMILES string of the molecule is CC/C=C\C/C=C\C/C=C\C/C=C\C/C=C\CCCCCCCC(=O)OC(/C=C/CCCCCCCCCCCC)C(COP(=O)(O)OCC[N+](C)(C)C)NC(=O)CCCCCCCCCCCCCCC/C=C\C/C=C\CCCCC. The van der Waals surface area contributed by atoms with Crippen LogP contribution < -0.4 is 5.32 Å². The highest BCUT2D eigenvalue weighted by atomic mass is 31.2. The molecule has 0 aliphatic heterocycles. The Bertz CT molecular complexity index is 1720. The average molecular weight is 1170 g/mol. The van der Waals surface area contributed by atoms with Crippen LogP contribution in [0.4, 0.5) is 0 Å². The summed E-state index contributed by atoms with van der Waals surface area (Å²) in [5.41, 5.74) is 0. The van der Waals surface area contributed by atoms with Gasteiger partial charge in [-0.15, -0.1) is 0 Å². The first kappa shape index (κ1) is 78.9. The monoisotopic (exact) mass is 1170 g/mol. The van der Waals surface area contributed by atoms with Crippen molar-refractivity contribution < 1.29 is 37.3 Å². The molecule has 0 rings (SSSR count). The molecule has 0 fully saturated rings. The molecule has 3 atom stereocenters. The van der Waals surface area contributed by atoms with Crippen LogP contribution in [0.3, 0.4) is 0 Å². The summed E-state index contributed by atoms with van der Waals surface area (Å²) in [7, 11) is 1.48. The Morgan fingerprint density at radius 1 is 0.439 bits per heavy atom. The molecule has 2 N–H and O–H groups in total. The number of phosphoric ester groups is 1. The molecule has 10 heteroatoms. The second-order valence-electron chi connectivity index (χ2n) is 24.0. The van der Waals surface area contributed by atoms with Crippen LogP contribution in [0.5, 0.6) is 0 Å². The van der Waals surface area contributed by atoms with Gasteiger partial charge in [0.05, 0.1) is 33.8 Å². The molecule has 0 aliphatic rings. The summed E-state index contributed by atoms with van der Waals surface area (Å²) < 4.78 is 30.8. The van der Waals surface area contributed by atoms with Gasteiger partial charge in [0.25, 0.3) is 0 Å². The number of unbranched alkanes of at least 4 members (excludes halogenated alkanes) is 31. The number of hydrogen-bond acceptors (Lipinski definition) is 6. The maximum absolute atomic E-state index is 13.6. The molecule has 3 unspecified atom stereocenters. The van der Waals surface area contributed by atoms with Gasteiger partial charge in [-0.1, -0.05) is 272 Å². The van der Waals surface area contributed by atoms with E-state index in [-0.39, 0.29) is 31.5 Å². The molecule has 0 aliphatic carbocycles. The molecule has 0 spiro atoms. The van der Waals surface area contributed by atoms with E-state index in [1.807, 2.05) is 33.3 Å². The second-order valence-corrected chi connectivity index (χ2v) is 25.4. The summed E-state index contributed by atoms with van der Waals surface area (Å²) >= 11 is 0. The van der Waals surface area contributed by atoms with Crippen LogP contribution in [-0.4, -0.2) is 74.3 Å². The largest absolute Gasteiger partial charge is 0.472 e. The maximum atomic E-state index is 13.6. The van der Waals surface area contributed by atoms with Gasteiger partial charge in [0.15, 0.2) is 0 Å². The lowest BCUT2D eigenvalue weighted by Gasteiger charge is -2.27. The molecule has 1 amide bonds. The van der Waals surface area contributed by atoms with Crippen LogP contribution in [0.2, 0.25) is 0 Å². The Kier molecular flexibility index (Phi) is 58.7. The molecule has 9 nitrogen and oxygen atoms in total. The first-order chi connectivity index (χ1) is 39.9. The molecule has 0 radical (unpaired) electrons. The number of quaternary nitrogens is 1. The predicted octanol–water partition coefficient (Wildman–Crippen LogP) is 21.5. The molecule has 82 heavy (non-hydrogen) atoms. The number of carbonyl (C=O) groups is 2. The van der Waals surface area contributed by atoms with Crippen molar-refractivity contribution in [1.29, 1.82) is 0 Å². The van der Waals surface area contributed by atoms with Gasteiger partial charge in [-0.05, 0) is 109 Å². The molecule has 0 bridgehead atoms. The molecule has 0 saturated carbocycles. The zero-order chi connectivity index (χ0) is 60.0. The first-order valence-electron chi connectivity index (χ1n) is 34.1. The molecule has 0 heterocycles. The lowest BCUT2D eigenvalue weighted by molar-refractivity contribution is -0.870. The van der Waals surface area contributed by atoms with Crippen LogP contribution in [0.25, 0.3) is 0 Å². The van der Waals surface area contributed by atoms with Crippen LogP contribution >= 0.6 is 7.82 Å². The molecule has 474 valence electrons. The first-order valence-corrected chi connectivity index (χ1v) is 35.6. The molecular formula is C72H130N2O7P+. The summed E-state index contributed by atoms with van der Waals surface area (Å²) in [6.07, 6.45) is 82.7. The Morgan fingerprint density at radius 2 is 0.780 bits per heavy atom. The molecule has 0 saturated heterocycles. The Morgan fingerprint density at radius 3 is 1.20 bits per heavy atom. The maximum Gasteiger partial charge on any atom is 0.472 e. The van der Waals surface area contributed by atoms with Crippen LogP contribution in [0.15, 0.2) is 97.2 Å². The third kappa shape index (κ3) is 61.5. The van der Waals surface area contributed by atoms with Gasteiger partial charge in [-0.25, -0.2) is 4.57 Å². The fourth-order valence-corrected chi connectivity index (χ4v) is 10.3. The van der Waals surface area contributed by atoms with Crippen molar-refractivity contribution in [3.05, 3.63) is 97.2 Å². The average Bonchev–Trinajstić information content (AvgIpc) is 3.44. The van der Waals surface area contributed by atoms with Crippen molar-refractivity contribution in [1.82, 2.24) is 5.32 Å². The number of likely N-dealkylation sites (N-methyl/N-ethyl adjacent to an activating group) is 1. The van der Waals surface area contributed by atoms with Gasteiger partial charge in [-0.2, -0.15) is 0 Å². The summed E-state index contributed by atoms with van der Waals surface area (Å²) in [5.74, 6) is -0.526. The Balaban J connectivity index is 5.17. The van der Waals surface area contributed by atoms with Crippen molar-refractivity contribution in [2.75, 3.05) is 40.9 Å². The fraction of sp³-hybridized carbons (Fsp3) is 0.750. The van der Waals surface area contributed by atoms with Crippen molar-refractivity contribution in [3.63, 3.8) is 0 Å². The summed E-state index contributed by atoms with van der Waals surface area (Å²) in [4.78, 5) is 37.9. The van der Waals surface area contributed by atoms with E-state index in [1.54, 1.807) is 0 Å². The molecular weight excluding hydrogens is 1040 g/mol. The van der Waals surface area contributed by atoms with Gasteiger partial charge in [0.2, 0.25) is 5.91 Å². The van der Waals surface area contributed by atoms with E-state index in [4.69, 9.17) is 13.8 Å². The van der Waals surface area contributed by atoms with E-state index in [2.05, 4.69) is 111 Å². The molecule has 0 aromatic rings. The third-order valence-electron chi connectivity index (χ3n) is 14.8. The number of allylic oxidation sites excluding steroid dienone is 15. The second kappa shape index (κ2) is 61.0. The van der Waals surface area contributed by atoms with E-state index in [1.165, 1.54) is 148 Å². The highest BCUT2D eigenvalue weighted by Crippen LogP contribution is 2.43.